The third-order valence-electron chi connectivity index (χ3n) is 4.76. The number of rotatable bonds is 7. The van der Waals surface area contributed by atoms with Crippen LogP contribution in [0.2, 0.25) is 0 Å². The Balaban J connectivity index is 2.85. The van der Waals surface area contributed by atoms with Gasteiger partial charge in [0.2, 0.25) is 5.41 Å². The molecule has 0 N–H and O–H groups in total. The van der Waals surface area contributed by atoms with Crippen LogP contribution in [0, 0.1) is 0 Å². The smallest absolute Gasteiger partial charge is 0.337 e. The van der Waals surface area contributed by atoms with Gasteiger partial charge < -0.3 is 18.9 Å². The van der Waals surface area contributed by atoms with Gasteiger partial charge in [-0.1, -0.05) is 6.07 Å². The molecule has 1 aliphatic carbocycles. The van der Waals surface area contributed by atoms with Gasteiger partial charge in [0, 0.05) is 12.5 Å². The van der Waals surface area contributed by atoms with Crippen molar-refractivity contribution in [3.63, 3.8) is 0 Å². The van der Waals surface area contributed by atoms with Crippen molar-refractivity contribution in [2.45, 2.75) is 45.6 Å². The predicted molar refractivity (Wildman–Crippen MR) is 107 cm³/mol. The Hall–Kier alpha value is -3.16. The Kier molecular flexibility index (Phi) is 6.70. The Morgan fingerprint density at radius 1 is 1.00 bits per heavy atom. The lowest BCUT2D eigenvalue weighted by Crippen LogP contribution is -2.44. The minimum absolute atomic E-state index is 0.0303. The number of hydrogen-bond acceptors (Lipinski definition) is 8. The Bertz CT molecular complexity index is 892. The molecule has 2 rings (SSSR count). The maximum atomic E-state index is 13.1. The molecular weight excluding hydrogens is 392 g/mol. The first-order chi connectivity index (χ1) is 14.0. The van der Waals surface area contributed by atoms with Gasteiger partial charge in [-0.2, -0.15) is 0 Å². The maximum Gasteiger partial charge on any atom is 0.337 e. The molecular formula is C22H26O8. The van der Waals surface area contributed by atoms with E-state index < -0.39 is 34.9 Å². The number of methoxy groups -OCH3 is 1. The third-order valence-corrected chi connectivity index (χ3v) is 4.76. The number of esters is 4. The molecule has 0 aromatic heterocycles. The summed E-state index contributed by atoms with van der Waals surface area (Å²) in [7, 11) is 1.23. The van der Waals surface area contributed by atoms with Crippen molar-refractivity contribution in [2.75, 3.05) is 20.3 Å². The Morgan fingerprint density at radius 3 is 2.03 bits per heavy atom. The number of ether oxygens (including phenoxy) is 4. The van der Waals surface area contributed by atoms with Gasteiger partial charge in [-0.25, -0.2) is 4.79 Å². The summed E-state index contributed by atoms with van der Waals surface area (Å²) in [4.78, 5) is 49.9. The van der Waals surface area contributed by atoms with Crippen molar-refractivity contribution in [1.82, 2.24) is 0 Å². The zero-order chi connectivity index (χ0) is 22.7. The summed E-state index contributed by atoms with van der Waals surface area (Å²) in [5.74, 6) is -2.86. The molecule has 0 amide bonds. The van der Waals surface area contributed by atoms with Crippen LogP contribution >= 0.6 is 0 Å². The number of carbonyl (C=O) groups is 4. The molecule has 0 spiro atoms. The molecule has 1 aromatic rings. The van der Waals surface area contributed by atoms with Crippen LogP contribution in [0.5, 0.6) is 0 Å². The fourth-order valence-electron chi connectivity index (χ4n) is 3.55. The van der Waals surface area contributed by atoms with Crippen molar-refractivity contribution in [2.24, 2.45) is 0 Å². The van der Waals surface area contributed by atoms with Gasteiger partial charge in [0.1, 0.15) is 5.60 Å². The average Bonchev–Trinajstić information content (AvgIpc) is 3.03. The topological polar surface area (TPSA) is 105 Å². The lowest BCUT2D eigenvalue weighted by molar-refractivity contribution is -0.161. The van der Waals surface area contributed by atoms with Crippen molar-refractivity contribution in [1.29, 1.82) is 0 Å². The molecule has 0 unspecified atom stereocenters. The van der Waals surface area contributed by atoms with Crippen LogP contribution in [0.15, 0.2) is 24.3 Å². The Labute approximate surface area is 175 Å². The number of benzene rings is 1. The van der Waals surface area contributed by atoms with Crippen molar-refractivity contribution < 1.29 is 38.1 Å². The molecule has 0 heterocycles. The average molecular weight is 418 g/mol. The van der Waals surface area contributed by atoms with Gasteiger partial charge in [-0.3, -0.25) is 14.4 Å². The molecule has 0 aliphatic heterocycles. The van der Waals surface area contributed by atoms with Crippen LogP contribution in [0.25, 0.3) is 5.57 Å². The van der Waals surface area contributed by atoms with Gasteiger partial charge in [-0.15, -0.1) is 0 Å². The van der Waals surface area contributed by atoms with Crippen LogP contribution in [0.4, 0.5) is 0 Å². The van der Waals surface area contributed by atoms with Crippen LogP contribution in [-0.4, -0.2) is 49.8 Å². The number of fused-ring (bicyclic) bond motifs is 1. The zero-order valence-corrected chi connectivity index (χ0v) is 18.0. The standard InChI is InChI=1S/C22H26O8/c1-7-28-19(25)22(20(26)29-8-2)12-17(21(4,5)30-13(3)23)15-10-9-14(11-16(15)22)18(24)27-6/h9-12H,7-8H2,1-6H3. The first-order valence-corrected chi connectivity index (χ1v) is 9.55. The normalized spacial score (nSPS) is 14.3. The summed E-state index contributed by atoms with van der Waals surface area (Å²) < 4.78 is 20.6. The van der Waals surface area contributed by atoms with E-state index in [9.17, 15) is 19.2 Å². The molecule has 162 valence electrons. The zero-order valence-electron chi connectivity index (χ0n) is 18.0. The summed E-state index contributed by atoms with van der Waals surface area (Å²) in [6, 6.07) is 4.50. The summed E-state index contributed by atoms with van der Waals surface area (Å²) in [5.41, 5.74) is -1.88. The van der Waals surface area contributed by atoms with Crippen LogP contribution in [0.1, 0.15) is 56.1 Å². The predicted octanol–water partition coefficient (Wildman–Crippen LogP) is 2.58. The van der Waals surface area contributed by atoms with Gasteiger partial charge in [0.05, 0.1) is 25.9 Å². The molecule has 0 fully saturated rings. The molecule has 0 saturated heterocycles. The van der Waals surface area contributed by atoms with Gasteiger partial charge in [0.25, 0.3) is 0 Å². The monoisotopic (exact) mass is 418 g/mol. The molecule has 1 aromatic carbocycles. The molecule has 30 heavy (non-hydrogen) atoms. The van der Waals surface area contributed by atoms with E-state index in [1.807, 2.05) is 0 Å². The lowest BCUT2D eigenvalue weighted by atomic mass is 9.81. The van der Waals surface area contributed by atoms with E-state index in [0.29, 0.717) is 11.1 Å². The van der Waals surface area contributed by atoms with Crippen LogP contribution in [-0.2, 0) is 38.7 Å². The molecule has 0 bridgehead atoms. The third kappa shape index (κ3) is 3.94. The van der Waals surface area contributed by atoms with Crippen LogP contribution < -0.4 is 0 Å². The highest BCUT2D eigenvalue weighted by molar-refractivity contribution is 6.14. The first kappa shape index (κ1) is 23.1. The second-order valence-electron chi connectivity index (χ2n) is 7.16. The molecule has 0 radical (unpaired) electrons. The SMILES string of the molecule is CCOC(=O)C1(C(=O)OCC)C=C(C(C)(C)OC(C)=O)c2ccc(C(=O)OC)cc21. The largest absolute Gasteiger partial charge is 0.465 e. The van der Waals surface area contributed by atoms with E-state index >= 15 is 0 Å². The number of hydrogen-bond donors (Lipinski definition) is 0. The summed E-state index contributed by atoms with van der Waals surface area (Å²) in [6.45, 7) is 7.85. The van der Waals surface area contributed by atoms with E-state index in [4.69, 9.17) is 18.9 Å². The van der Waals surface area contributed by atoms with Gasteiger partial charge >= 0.3 is 23.9 Å². The minimum Gasteiger partial charge on any atom is -0.465 e. The van der Waals surface area contributed by atoms with Gasteiger partial charge in [0.15, 0.2) is 0 Å². The fourth-order valence-corrected chi connectivity index (χ4v) is 3.55. The first-order valence-electron chi connectivity index (χ1n) is 9.55. The fraction of sp³-hybridized carbons (Fsp3) is 0.455. The van der Waals surface area contributed by atoms with E-state index in [2.05, 4.69) is 0 Å². The highest BCUT2D eigenvalue weighted by Gasteiger charge is 2.56. The number of carbonyl (C=O) groups excluding carboxylic acids is 4. The molecule has 8 nitrogen and oxygen atoms in total. The van der Waals surface area contributed by atoms with Crippen molar-refractivity contribution in [3.05, 3.63) is 41.0 Å². The lowest BCUT2D eigenvalue weighted by Gasteiger charge is -2.27. The maximum absolute atomic E-state index is 13.1. The highest BCUT2D eigenvalue weighted by Crippen LogP contribution is 2.48. The summed E-state index contributed by atoms with van der Waals surface area (Å²) >= 11 is 0. The quantitative estimate of drug-likeness (QED) is 0.378. The minimum atomic E-state index is -1.95. The highest BCUT2D eigenvalue weighted by atomic mass is 16.6. The van der Waals surface area contributed by atoms with E-state index in [0.717, 1.165) is 0 Å². The molecule has 1 aliphatic rings. The molecule has 0 saturated carbocycles. The Morgan fingerprint density at radius 2 is 1.57 bits per heavy atom. The molecule has 0 atom stereocenters. The van der Waals surface area contributed by atoms with Crippen molar-refractivity contribution in [3.8, 4) is 0 Å². The van der Waals surface area contributed by atoms with E-state index in [1.165, 1.54) is 32.2 Å². The summed E-state index contributed by atoms with van der Waals surface area (Å²) in [5, 5.41) is 0. The molecule has 8 heteroatoms. The second kappa shape index (κ2) is 8.69. The summed E-state index contributed by atoms with van der Waals surface area (Å²) in [6.07, 6.45) is 1.40. The van der Waals surface area contributed by atoms with E-state index in [1.54, 1.807) is 33.8 Å². The van der Waals surface area contributed by atoms with Crippen LogP contribution in [0.3, 0.4) is 0 Å². The van der Waals surface area contributed by atoms with E-state index in [-0.39, 0.29) is 24.3 Å². The van der Waals surface area contributed by atoms with Gasteiger partial charge in [-0.05, 0) is 57.0 Å². The van der Waals surface area contributed by atoms with Crippen molar-refractivity contribution >= 4 is 29.5 Å². The second-order valence-corrected chi connectivity index (χ2v) is 7.16.